The van der Waals surface area contributed by atoms with Gasteiger partial charge in [-0.15, -0.1) is 0 Å². The molecule has 0 radical (unpaired) electrons. The Kier molecular flexibility index (Phi) is 20.5. The fourth-order valence-electron chi connectivity index (χ4n) is 9.44. The molecule has 0 saturated carbocycles. The monoisotopic (exact) mass is 1190 g/mol. The number of aryl methyl sites for hydroxylation is 4. The van der Waals surface area contributed by atoms with Crippen molar-refractivity contribution in [3.05, 3.63) is 120 Å². The Morgan fingerprint density at radius 3 is 2.07 bits per heavy atom. The van der Waals surface area contributed by atoms with Gasteiger partial charge in [0.25, 0.3) is 29.5 Å². The van der Waals surface area contributed by atoms with Crippen LogP contribution >= 0.6 is 21.6 Å². The number of nitrogens with one attached hydrogen (secondary N) is 5. The van der Waals surface area contributed by atoms with Crippen LogP contribution in [0.2, 0.25) is 0 Å². The zero-order chi connectivity index (χ0) is 60.2. The van der Waals surface area contributed by atoms with E-state index in [9.17, 15) is 33.6 Å². The van der Waals surface area contributed by atoms with Gasteiger partial charge in [0.15, 0.2) is 23.5 Å². The van der Waals surface area contributed by atoms with Crippen LogP contribution in [-0.2, 0) is 42.5 Å². The van der Waals surface area contributed by atoms with Crippen LogP contribution in [0.15, 0.2) is 96.7 Å². The molecular formula is C56H69N15O11S2. The zero-order valence-corrected chi connectivity index (χ0v) is 49.4. The molecule has 7 heterocycles. The highest BCUT2D eigenvalue weighted by atomic mass is 33.1. The molecule has 6 aromatic rings. The third-order valence-electron chi connectivity index (χ3n) is 13.5. The number of hydrogen-bond donors (Lipinski definition) is 6. The minimum absolute atomic E-state index is 0.0184. The number of likely N-dealkylation sites (tertiary alicyclic amines) is 1. The zero-order valence-electron chi connectivity index (χ0n) is 47.8. The summed E-state index contributed by atoms with van der Waals surface area (Å²) in [5, 5.41) is 14.8. The van der Waals surface area contributed by atoms with Crippen molar-refractivity contribution >= 4 is 91.7 Å². The second-order valence-corrected chi connectivity index (χ2v) is 22.6. The Balaban J connectivity index is 0.781. The predicted octanol–water partition coefficient (Wildman–Crippen LogP) is 5.66. The molecule has 28 heteroatoms. The summed E-state index contributed by atoms with van der Waals surface area (Å²) in [6, 6.07) is 12.7. The Labute approximate surface area is 493 Å². The fourth-order valence-corrected chi connectivity index (χ4v) is 11.1. The minimum atomic E-state index is -0.760. The molecule has 7 amide bonds. The Morgan fingerprint density at radius 1 is 0.786 bits per heavy atom. The number of nitrogen functional groups attached to an aromatic ring is 1. The fraction of sp³-hybridized carbons (Fsp3) is 0.375. The van der Waals surface area contributed by atoms with Crippen LogP contribution in [0.5, 0.6) is 11.5 Å². The van der Waals surface area contributed by atoms with Crippen LogP contribution in [0.1, 0.15) is 78.1 Å². The third-order valence-corrected chi connectivity index (χ3v) is 15.7. The number of rotatable bonds is 25. The van der Waals surface area contributed by atoms with Crippen molar-refractivity contribution in [3.8, 4) is 11.5 Å². The van der Waals surface area contributed by atoms with E-state index in [-0.39, 0.29) is 90.9 Å². The molecule has 5 aromatic heterocycles. The van der Waals surface area contributed by atoms with Gasteiger partial charge in [0.1, 0.15) is 28.7 Å². The first-order chi connectivity index (χ1) is 40.3. The van der Waals surface area contributed by atoms with Gasteiger partial charge in [-0.3, -0.25) is 33.7 Å². The first kappa shape index (κ1) is 61.3. The Bertz CT molecular complexity index is 3410. The van der Waals surface area contributed by atoms with E-state index >= 15 is 0 Å². The predicted molar refractivity (Wildman–Crippen MR) is 319 cm³/mol. The van der Waals surface area contributed by atoms with Gasteiger partial charge in [-0.1, -0.05) is 29.0 Å². The number of ether oxygens (including phenoxy) is 4. The third kappa shape index (κ3) is 15.5. The molecule has 7 N–H and O–H groups in total. The number of benzene rings is 1. The number of imidazole rings is 1. The molecule has 0 aliphatic carbocycles. The summed E-state index contributed by atoms with van der Waals surface area (Å²) in [5.74, 6) is -1.48. The molecule has 2 saturated heterocycles. The molecule has 0 bridgehead atoms. The molecule has 0 spiro atoms. The van der Waals surface area contributed by atoms with Crippen LogP contribution < -0.4 is 41.8 Å². The smallest absolute Gasteiger partial charge is 0.412 e. The lowest BCUT2D eigenvalue weighted by Gasteiger charge is -2.33. The van der Waals surface area contributed by atoms with Crippen LogP contribution in [0, 0.1) is 0 Å². The molecule has 2 unspecified atom stereocenters. The first-order valence-electron chi connectivity index (χ1n) is 26.8. The van der Waals surface area contributed by atoms with Gasteiger partial charge < -0.3 is 79.3 Å². The molecule has 26 nitrogen and oxygen atoms in total. The van der Waals surface area contributed by atoms with Crippen molar-refractivity contribution in [1.82, 2.24) is 48.3 Å². The number of nitrogens with two attached hydrogens (primary N) is 1. The van der Waals surface area contributed by atoms with E-state index in [1.54, 1.807) is 73.1 Å². The minimum Gasteiger partial charge on any atom is -0.493 e. The maximum atomic E-state index is 14.2. The first-order valence-corrected chi connectivity index (χ1v) is 29.1. The highest BCUT2D eigenvalue weighted by molar-refractivity contribution is 8.76. The van der Waals surface area contributed by atoms with Gasteiger partial charge in [-0.05, 0) is 87.1 Å². The van der Waals surface area contributed by atoms with E-state index < -0.39 is 47.9 Å². The molecule has 2 aliphatic rings. The van der Waals surface area contributed by atoms with Crippen LogP contribution in [0.3, 0.4) is 0 Å². The number of methoxy groups -OCH3 is 1. The number of hydrogen-bond acceptors (Lipinski definition) is 17. The van der Waals surface area contributed by atoms with Crippen molar-refractivity contribution in [1.29, 1.82) is 0 Å². The standard InChI is InChI=1S/C56H69N15O11S2/c1-34-23-43(55-70(18-20-81-55)56(78)82-21-22-83-84-48-14-9-10-15-58-48)71(29-34)54(77)38-27-44(79-8)45(28-39(38)57)80-19-11-13-47(72)63-46-33-69(7)49(64-46)53(76)62-37-26-42(68(6)32-37)52(75)61-36-25-41(67(5)31-36)51(74)60-35-24-40(66(4)30-35)50(73)59-16-12-17-65(2)3/h9-10,14-15,24-28,30-33,43,55H,1,11-13,16-23,29,57H2,2-8H3,(H,59,73)(H,60,74)(H,61,75)(H,62,76)(H,63,72). The van der Waals surface area contributed by atoms with Gasteiger partial charge in [-0.25, -0.2) is 14.8 Å². The van der Waals surface area contributed by atoms with Crippen molar-refractivity contribution in [2.75, 3.05) is 100.0 Å². The van der Waals surface area contributed by atoms with Crippen LogP contribution in [0.4, 0.5) is 33.4 Å². The summed E-state index contributed by atoms with van der Waals surface area (Å²) in [4.78, 5) is 107. The van der Waals surface area contributed by atoms with Crippen molar-refractivity contribution in [2.24, 2.45) is 28.2 Å². The number of pyridine rings is 1. The lowest BCUT2D eigenvalue weighted by molar-refractivity contribution is -0.116. The highest BCUT2D eigenvalue weighted by Gasteiger charge is 2.45. The van der Waals surface area contributed by atoms with E-state index in [0.29, 0.717) is 48.0 Å². The van der Waals surface area contributed by atoms with Gasteiger partial charge in [0.05, 0.1) is 55.5 Å². The number of anilines is 5. The van der Waals surface area contributed by atoms with E-state index in [4.69, 9.17) is 24.7 Å². The second-order valence-electron chi connectivity index (χ2n) is 20.2. The summed E-state index contributed by atoms with van der Waals surface area (Å²) in [6.45, 7) is 6.53. The highest BCUT2D eigenvalue weighted by Crippen LogP contribution is 2.37. The maximum Gasteiger partial charge on any atom is 0.412 e. The Morgan fingerprint density at radius 2 is 1.44 bits per heavy atom. The molecule has 84 heavy (non-hydrogen) atoms. The van der Waals surface area contributed by atoms with Gasteiger partial charge >= 0.3 is 6.09 Å². The molecule has 2 fully saturated rings. The number of amides is 7. The molecule has 1 aromatic carbocycles. The maximum absolute atomic E-state index is 14.2. The topological polar surface area (TPSA) is 298 Å². The van der Waals surface area contributed by atoms with Crippen molar-refractivity contribution in [3.63, 3.8) is 0 Å². The van der Waals surface area contributed by atoms with E-state index in [2.05, 4.69) is 43.1 Å². The van der Waals surface area contributed by atoms with Crippen molar-refractivity contribution < 1.29 is 52.5 Å². The normalized spacial score (nSPS) is 14.8. The SMILES string of the molecule is C=C1CC(C2OCCN2C(=O)OCCSSc2ccccn2)N(C(=O)c2cc(OC)c(OCCCC(=O)Nc3cn(C)c(C(=O)Nc4cc(C(=O)Nc5cc(C(=O)Nc6cc(C(=O)NCCCN(C)C)n(C)c6)n(C)c5)n(C)c4)n3)cc2N)C1. The number of aromatic nitrogens is 6. The molecule has 8 rings (SSSR count). The van der Waals surface area contributed by atoms with E-state index in [1.165, 1.54) is 73.2 Å². The largest absolute Gasteiger partial charge is 0.493 e. The summed E-state index contributed by atoms with van der Waals surface area (Å²) in [7, 11) is 15.0. The number of carbonyl (C=O) groups is 7. The summed E-state index contributed by atoms with van der Waals surface area (Å²) in [6.07, 6.45) is 8.17. The summed E-state index contributed by atoms with van der Waals surface area (Å²) in [5.41, 5.74) is 9.45. The molecule has 446 valence electrons. The Hall–Kier alpha value is -8.73. The lowest BCUT2D eigenvalue weighted by atomic mass is 10.1. The molecule has 2 atom stereocenters. The van der Waals surface area contributed by atoms with Gasteiger partial charge in [0, 0.05) is 96.2 Å². The lowest BCUT2D eigenvalue weighted by Crippen LogP contribution is -2.51. The number of carbonyl (C=O) groups excluding carboxylic acids is 7. The van der Waals surface area contributed by atoms with Crippen LogP contribution in [0.25, 0.3) is 0 Å². The quantitative estimate of drug-likeness (QED) is 0.0174. The number of nitrogens with zero attached hydrogens (tertiary/aromatic N) is 9. The summed E-state index contributed by atoms with van der Waals surface area (Å²) < 4.78 is 29.4. The molecule has 2 aliphatic heterocycles. The van der Waals surface area contributed by atoms with Crippen molar-refractivity contribution in [2.45, 2.75) is 43.0 Å². The van der Waals surface area contributed by atoms with E-state index in [1.807, 2.05) is 37.2 Å². The second kappa shape index (κ2) is 28.0. The van der Waals surface area contributed by atoms with Crippen LogP contribution in [-0.4, -0.2) is 170 Å². The van der Waals surface area contributed by atoms with E-state index in [0.717, 1.165) is 23.6 Å². The van der Waals surface area contributed by atoms with Gasteiger partial charge in [0.2, 0.25) is 11.7 Å². The van der Waals surface area contributed by atoms with Gasteiger partial charge in [-0.2, -0.15) is 0 Å². The molecular weight excluding hydrogens is 1120 g/mol. The summed E-state index contributed by atoms with van der Waals surface area (Å²) >= 11 is 0. The average Bonchev–Trinajstić information content (AvgIpc) is 4.55. The average molecular weight is 1190 g/mol.